The molecule has 0 radical (unpaired) electrons. The summed E-state index contributed by atoms with van der Waals surface area (Å²) in [6.45, 7) is 3.74. The van der Waals surface area contributed by atoms with Crippen LogP contribution in [-0.2, 0) is 4.74 Å². The summed E-state index contributed by atoms with van der Waals surface area (Å²) in [4.78, 5) is 24.6. The van der Waals surface area contributed by atoms with Crippen molar-refractivity contribution < 1.29 is 14.3 Å². The fourth-order valence-corrected chi connectivity index (χ4v) is 3.69. The van der Waals surface area contributed by atoms with Crippen molar-refractivity contribution >= 4 is 29.2 Å². The number of nitriles is 1. The molecule has 0 fully saturated rings. The Morgan fingerprint density at radius 3 is 2.46 bits per heavy atom. The maximum absolute atomic E-state index is 12.9. The van der Waals surface area contributed by atoms with Crippen molar-refractivity contribution in [1.82, 2.24) is 4.57 Å². The van der Waals surface area contributed by atoms with Crippen LogP contribution < -0.4 is 0 Å². The molecule has 3 aromatic rings. The number of thiophene rings is 1. The molecule has 140 valence electrons. The number of Topliss-reactive ketones (excluding diaryl/α,β-unsaturated/α-hetero) is 1. The predicted octanol–water partition coefficient (Wildman–Crippen LogP) is 4.73. The molecule has 3 rings (SSSR count). The number of hydrogen-bond acceptors (Lipinski definition) is 5. The van der Waals surface area contributed by atoms with E-state index in [2.05, 4.69) is 0 Å². The fraction of sp³-hybridized carbons (Fsp3) is 0.136. The van der Waals surface area contributed by atoms with Gasteiger partial charge in [0.25, 0.3) is 0 Å². The van der Waals surface area contributed by atoms with E-state index < -0.39 is 5.97 Å². The van der Waals surface area contributed by atoms with Crippen LogP contribution in [0.4, 0.5) is 0 Å². The molecule has 0 amide bonds. The summed E-state index contributed by atoms with van der Waals surface area (Å²) in [6.07, 6.45) is 1.61. The van der Waals surface area contributed by atoms with E-state index in [-0.39, 0.29) is 11.4 Å². The predicted molar refractivity (Wildman–Crippen MR) is 109 cm³/mol. The summed E-state index contributed by atoms with van der Waals surface area (Å²) in [7, 11) is 1.34. The number of ether oxygens (including phenoxy) is 1. The van der Waals surface area contributed by atoms with Gasteiger partial charge in [-0.2, -0.15) is 16.6 Å². The zero-order valence-corrected chi connectivity index (χ0v) is 16.5. The summed E-state index contributed by atoms with van der Waals surface area (Å²) in [5, 5.41) is 13.2. The molecule has 1 aromatic carbocycles. The van der Waals surface area contributed by atoms with Gasteiger partial charge in [-0.05, 0) is 72.6 Å². The van der Waals surface area contributed by atoms with E-state index in [0.29, 0.717) is 11.1 Å². The first kappa shape index (κ1) is 19.3. The van der Waals surface area contributed by atoms with Gasteiger partial charge in [-0.1, -0.05) is 0 Å². The lowest BCUT2D eigenvalue weighted by atomic mass is 10.0. The standard InChI is InChI=1S/C22H18N2O3S/c1-14-10-20(21(25)18(12-23)11-16-8-9-28-13-16)15(2)24(14)19-6-4-17(5-7-19)22(26)27-3/h4-11,13H,1-3H3/b18-11+. The molecule has 0 N–H and O–H groups in total. The summed E-state index contributed by atoms with van der Waals surface area (Å²) < 4.78 is 6.64. The van der Waals surface area contributed by atoms with Gasteiger partial charge in [0.15, 0.2) is 0 Å². The van der Waals surface area contributed by atoms with Crippen molar-refractivity contribution in [1.29, 1.82) is 5.26 Å². The molecule has 0 atom stereocenters. The highest BCUT2D eigenvalue weighted by Gasteiger charge is 2.20. The minimum absolute atomic E-state index is 0.0969. The van der Waals surface area contributed by atoms with Gasteiger partial charge < -0.3 is 9.30 Å². The van der Waals surface area contributed by atoms with Gasteiger partial charge in [-0.25, -0.2) is 4.79 Å². The Labute approximate surface area is 167 Å². The van der Waals surface area contributed by atoms with Gasteiger partial charge in [0.2, 0.25) is 5.78 Å². The smallest absolute Gasteiger partial charge is 0.337 e. The monoisotopic (exact) mass is 390 g/mol. The third-order valence-electron chi connectivity index (χ3n) is 4.44. The van der Waals surface area contributed by atoms with Crippen LogP contribution in [0, 0.1) is 25.2 Å². The highest BCUT2D eigenvalue weighted by Crippen LogP contribution is 2.24. The number of allylic oxidation sites excluding steroid dienone is 1. The molecular weight excluding hydrogens is 372 g/mol. The molecular formula is C22H18N2O3S. The van der Waals surface area contributed by atoms with Crippen LogP contribution in [0.5, 0.6) is 0 Å². The van der Waals surface area contributed by atoms with Gasteiger partial charge in [-0.3, -0.25) is 4.79 Å². The molecule has 0 saturated carbocycles. The topological polar surface area (TPSA) is 72.1 Å². The minimum Gasteiger partial charge on any atom is -0.465 e. The molecule has 6 heteroatoms. The number of hydrogen-bond donors (Lipinski definition) is 0. The Morgan fingerprint density at radius 2 is 1.89 bits per heavy atom. The lowest BCUT2D eigenvalue weighted by Crippen LogP contribution is -2.06. The summed E-state index contributed by atoms with van der Waals surface area (Å²) in [5.41, 5.74) is 4.29. The number of rotatable bonds is 5. The van der Waals surface area contributed by atoms with E-state index in [9.17, 15) is 14.9 Å². The van der Waals surface area contributed by atoms with Crippen molar-refractivity contribution in [2.45, 2.75) is 13.8 Å². The van der Waals surface area contributed by atoms with E-state index in [1.54, 1.807) is 36.4 Å². The van der Waals surface area contributed by atoms with Gasteiger partial charge in [0.05, 0.1) is 12.7 Å². The number of carbonyl (C=O) groups is 2. The first-order chi connectivity index (χ1) is 13.5. The molecule has 0 aliphatic rings. The lowest BCUT2D eigenvalue weighted by Gasteiger charge is -2.10. The molecule has 0 saturated heterocycles. The molecule has 0 unspecified atom stereocenters. The highest BCUT2D eigenvalue weighted by atomic mass is 32.1. The number of aryl methyl sites for hydroxylation is 1. The van der Waals surface area contributed by atoms with Crippen LogP contribution in [0.1, 0.15) is 37.7 Å². The molecule has 0 aliphatic carbocycles. The normalized spacial score (nSPS) is 11.1. The van der Waals surface area contributed by atoms with Crippen LogP contribution in [0.3, 0.4) is 0 Å². The Hall–Kier alpha value is -3.43. The van der Waals surface area contributed by atoms with E-state index in [4.69, 9.17) is 4.74 Å². The minimum atomic E-state index is -0.402. The molecule has 2 aromatic heterocycles. The summed E-state index contributed by atoms with van der Waals surface area (Å²) in [5.74, 6) is -0.708. The maximum Gasteiger partial charge on any atom is 0.337 e. The van der Waals surface area contributed by atoms with Crippen molar-refractivity contribution in [3.8, 4) is 11.8 Å². The fourth-order valence-electron chi connectivity index (χ4n) is 3.07. The third-order valence-corrected chi connectivity index (χ3v) is 5.14. The van der Waals surface area contributed by atoms with Crippen LogP contribution in [0.15, 0.2) is 52.7 Å². The molecule has 0 bridgehead atoms. The average molecular weight is 390 g/mol. The largest absolute Gasteiger partial charge is 0.465 e. The number of benzene rings is 1. The van der Waals surface area contributed by atoms with Crippen molar-refractivity contribution in [2.24, 2.45) is 0 Å². The Bertz CT molecular complexity index is 1100. The Morgan fingerprint density at radius 1 is 1.18 bits per heavy atom. The van der Waals surface area contributed by atoms with Crippen molar-refractivity contribution in [3.63, 3.8) is 0 Å². The van der Waals surface area contributed by atoms with E-state index >= 15 is 0 Å². The average Bonchev–Trinajstić information content (AvgIpc) is 3.32. The first-order valence-electron chi connectivity index (χ1n) is 8.52. The second kappa shape index (κ2) is 8.07. The maximum atomic E-state index is 12.9. The summed E-state index contributed by atoms with van der Waals surface area (Å²) >= 11 is 1.51. The van der Waals surface area contributed by atoms with E-state index in [1.165, 1.54) is 18.4 Å². The van der Waals surface area contributed by atoms with Crippen LogP contribution >= 0.6 is 11.3 Å². The zero-order chi connectivity index (χ0) is 20.3. The molecule has 28 heavy (non-hydrogen) atoms. The SMILES string of the molecule is COC(=O)c1ccc(-n2c(C)cc(C(=O)/C(C#N)=C/c3ccsc3)c2C)cc1. The number of nitrogens with zero attached hydrogens (tertiary/aromatic N) is 2. The Balaban J connectivity index is 1.99. The molecule has 5 nitrogen and oxygen atoms in total. The van der Waals surface area contributed by atoms with Crippen molar-refractivity contribution in [2.75, 3.05) is 7.11 Å². The zero-order valence-electron chi connectivity index (χ0n) is 15.7. The number of aromatic nitrogens is 1. The number of esters is 1. The third kappa shape index (κ3) is 3.66. The van der Waals surface area contributed by atoms with E-state index in [1.807, 2.05) is 41.3 Å². The van der Waals surface area contributed by atoms with Crippen LogP contribution in [0.2, 0.25) is 0 Å². The van der Waals surface area contributed by atoms with E-state index in [0.717, 1.165) is 22.6 Å². The summed E-state index contributed by atoms with van der Waals surface area (Å²) in [6, 6.07) is 12.6. The quantitative estimate of drug-likeness (QED) is 0.273. The molecule has 0 aliphatic heterocycles. The van der Waals surface area contributed by atoms with Crippen LogP contribution in [-0.4, -0.2) is 23.4 Å². The number of ketones is 1. The molecule has 2 heterocycles. The molecule has 0 spiro atoms. The number of carbonyl (C=O) groups excluding carboxylic acids is 2. The second-order valence-electron chi connectivity index (χ2n) is 6.21. The Kier molecular flexibility index (Phi) is 5.57. The highest BCUT2D eigenvalue weighted by molar-refractivity contribution is 7.08. The van der Waals surface area contributed by atoms with Gasteiger partial charge in [-0.15, -0.1) is 0 Å². The first-order valence-corrected chi connectivity index (χ1v) is 9.47. The van der Waals surface area contributed by atoms with Gasteiger partial charge >= 0.3 is 5.97 Å². The van der Waals surface area contributed by atoms with Crippen LogP contribution in [0.25, 0.3) is 11.8 Å². The van der Waals surface area contributed by atoms with Gasteiger partial charge in [0.1, 0.15) is 11.6 Å². The second-order valence-corrected chi connectivity index (χ2v) is 6.99. The van der Waals surface area contributed by atoms with Gasteiger partial charge in [0, 0.05) is 22.6 Å². The lowest BCUT2D eigenvalue weighted by molar-refractivity contribution is 0.0600. The number of methoxy groups -OCH3 is 1. The van der Waals surface area contributed by atoms with Crippen molar-refractivity contribution in [3.05, 3.63) is 80.8 Å².